The first-order chi connectivity index (χ1) is 11.8. The predicted molar refractivity (Wildman–Crippen MR) is 97.1 cm³/mol. The Morgan fingerprint density at radius 3 is 3.04 bits per heavy atom. The molecule has 5 nitrogen and oxygen atoms in total. The van der Waals surface area contributed by atoms with Crippen molar-refractivity contribution in [2.45, 2.75) is 44.6 Å². The van der Waals surface area contributed by atoms with Gasteiger partial charge < -0.3 is 5.32 Å². The molecule has 0 spiro atoms. The quantitative estimate of drug-likeness (QED) is 0.837. The van der Waals surface area contributed by atoms with Gasteiger partial charge in [0, 0.05) is 42.5 Å². The van der Waals surface area contributed by atoms with Crippen LogP contribution in [0.25, 0.3) is 0 Å². The molecule has 1 aliphatic rings. The van der Waals surface area contributed by atoms with Gasteiger partial charge in [-0.1, -0.05) is 12.5 Å². The smallest absolute Gasteiger partial charge is 0.227 e. The fourth-order valence-corrected chi connectivity index (χ4v) is 3.80. The highest BCUT2D eigenvalue weighted by atomic mass is 32.1. The van der Waals surface area contributed by atoms with Gasteiger partial charge in [0.1, 0.15) is 0 Å². The van der Waals surface area contributed by atoms with Crippen molar-refractivity contribution >= 4 is 22.4 Å². The summed E-state index contributed by atoms with van der Waals surface area (Å²) in [7, 11) is 0. The van der Waals surface area contributed by atoms with Crippen LogP contribution in [0.2, 0.25) is 0 Å². The van der Waals surface area contributed by atoms with Crippen molar-refractivity contribution < 1.29 is 4.79 Å². The van der Waals surface area contributed by atoms with E-state index in [9.17, 15) is 4.79 Å². The van der Waals surface area contributed by atoms with Crippen molar-refractivity contribution in [1.29, 1.82) is 0 Å². The van der Waals surface area contributed by atoms with Crippen LogP contribution in [0.15, 0.2) is 36.0 Å². The van der Waals surface area contributed by atoms with Crippen LogP contribution in [0.4, 0.5) is 5.13 Å². The number of thiazole rings is 1. The third kappa shape index (κ3) is 5.11. The standard InChI is InChI=1S/C18H24N4OS/c23-17(21-18-20-11-14-24-18)9-13-22-12-4-2-6-16(22)8-7-15-5-1-3-10-19-15/h1,3,5,10-11,14,16H,2,4,6-9,12-13H2,(H,20,21,23). The van der Waals surface area contributed by atoms with Gasteiger partial charge in [0.05, 0.1) is 0 Å². The van der Waals surface area contributed by atoms with Gasteiger partial charge in [-0.3, -0.25) is 14.7 Å². The van der Waals surface area contributed by atoms with E-state index in [1.807, 2.05) is 23.7 Å². The number of aromatic nitrogens is 2. The number of nitrogens with one attached hydrogen (secondary N) is 1. The SMILES string of the molecule is O=C(CCN1CCCCC1CCc1ccccn1)Nc1nccs1. The molecular formula is C18H24N4OS. The van der Waals surface area contributed by atoms with Crippen LogP contribution in [-0.2, 0) is 11.2 Å². The molecule has 1 fully saturated rings. The number of aryl methyl sites for hydroxylation is 1. The van der Waals surface area contributed by atoms with E-state index in [0.29, 0.717) is 17.6 Å². The van der Waals surface area contributed by atoms with Crippen LogP contribution >= 0.6 is 11.3 Å². The van der Waals surface area contributed by atoms with Gasteiger partial charge in [-0.15, -0.1) is 11.3 Å². The minimum absolute atomic E-state index is 0.0546. The molecule has 1 atom stereocenters. The van der Waals surface area contributed by atoms with Gasteiger partial charge in [-0.2, -0.15) is 0 Å². The fraction of sp³-hybridized carbons (Fsp3) is 0.500. The first kappa shape index (κ1) is 17.0. The molecule has 1 N–H and O–H groups in total. The first-order valence-corrected chi connectivity index (χ1v) is 9.52. The number of anilines is 1. The number of amides is 1. The normalized spacial score (nSPS) is 18.4. The molecule has 128 valence electrons. The molecule has 2 aromatic rings. The largest absolute Gasteiger partial charge is 0.302 e. The Morgan fingerprint density at radius 2 is 2.25 bits per heavy atom. The van der Waals surface area contributed by atoms with Crippen molar-refractivity contribution in [3.8, 4) is 0 Å². The number of carbonyl (C=O) groups excluding carboxylic acids is 1. The molecule has 0 aromatic carbocycles. The summed E-state index contributed by atoms with van der Waals surface area (Å²) in [4.78, 5) is 23.0. The Kier molecular flexibility index (Phi) is 6.32. The van der Waals surface area contributed by atoms with E-state index in [-0.39, 0.29) is 5.91 Å². The van der Waals surface area contributed by atoms with E-state index in [4.69, 9.17) is 0 Å². The molecule has 0 bridgehead atoms. The molecular weight excluding hydrogens is 320 g/mol. The third-order valence-corrected chi connectivity index (χ3v) is 5.20. The molecule has 1 unspecified atom stereocenters. The Morgan fingerprint density at radius 1 is 1.29 bits per heavy atom. The van der Waals surface area contributed by atoms with Crippen LogP contribution in [-0.4, -0.2) is 39.9 Å². The topological polar surface area (TPSA) is 58.1 Å². The van der Waals surface area contributed by atoms with Gasteiger partial charge in [0.2, 0.25) is 5.91 Å². The molecule has 24 heavy (non-hydrogen) atoms. The average Bonchev–Trinajstić information content (AvgIpc) is 3.13. The van der Waals surface area contributed by atoms with Crippen LogP contribution in [0.5, 0.6) is 0 Å². The fourth-order valence-electron chi connectivity index (χ4n) is 3.25. The Balaban J connectivity index is 1.46. The van der Waals surface area contributed by atoms with Gasteiger partial charge in [0.25, 0.3) is 0 Å². The van der Waals surface area contributed by atoms with Crippen molar-refractivity contribution in [2.24, 2.45) is 0 Å². The molecule has 0 saturated carbocycles. The van der Waals surface area contributed by atoms with Crippen LogP contribution in [0.3, 0.4) is 0 Å². The van der Waals surface area contributed by atoms with Crippen molar-refractivity contribution in [3.63, 3.8) is 0 Å². The maximum atomic E-state index is 12.1. The summed E-state index contributed by atoms with van der Waals surface area (Å²) in [6.45, 7) is 1.92. The van der Waals surface area contributed by atoms with Gasteiger partial charge >= 0.3 is 0 Å². The Labute approximate surface area is 147 Å². The summed E-state index contributed by atoms with van der Waals surface area (Å²) >= 11 is 1.46. The Hall–Kier alpha value is -1.79. The summed E-state index contributed by atoms with van der Waals surface area (Å²) < 4.78 is 0. The highest BCUT2D eigenvalue weighted by Crippen LogP contribution is 2.21. The van der Waals surface area contributed by atoms with E-state index in [1.165, 1.54) is 30.6 Å². The average molecular weight is 344 g/mol. The van der Waals surface area contributed by atoms with E-state index in [2.05, 4.69) is 26.3 Å². The third-order valence-electron chi connectivity index (χ3n) is 4.51. The second kappa shape index (κ2) is 8.89. The maximum absolute atomic E-state index is 12.1. The molecule has 1 aliphatic heterocycles. The minimum Gasteiger partial charge on any atom is -0.302 e. The monoisotopic (exact) mass is 344 g/mol. The molecule has 0 aliphatic carbocycles. The molecule has 3 heterocycles. The highest BCUT2D eigenvalue weighted by Gasteiger charge is 2.22. The minimum atomic E-state index is 0.0546. The van der Waals surface area contributed by atoms with Crippen molar-refractivity contribution in [1.82, 2.24) is 14.9 Å². The van der Waals surface area contributed by atoms with Crippen LogP contribution < -0.4 is 5.32 Å². The zero-order valence-corrected chi connectivity index (χ0v) is 14.7. The number of hydrogen-bond acceptors (Lipinski definition) is 5. The zero-order valence-electron chi connectivity index (χ0n) is 13.9. The number of carbonyl (C=O) groups is 1. The molecule has 6 heteroatoms. The second-order valence-corrected chi connectivity index (χ2v) is 7.08. The zero-order chi connectivity index (χ0) is 16.6. The molecule has 0 radical (unpaired) electrons. The molecule has 2 aromatic heterocycles. The molecule has 3 rings (SSSR count). The first-order valence-electron chi connectivity index (χ1n) is 8.64. The number of piperidine rings is 1. The summed E-state index contributed by atoms with van der Waals surface area (Å²) in [5.74, 6) is 0.0546. The van der Waals surface area contributed by atoms with Crippen molar-refractivity contribution in [2.75, 3.05) is 18.4 Å². The van der Waals surface area contributed by atoms with E-state index in [1.54, 1.807) is 6.20 Å². The summed E-state index contributed by atoms with van der Waals surface area (Å²) in [5, 5.41) is 5.42. The molecule has 1 amide bonds. The lowest BCUT2D eigenvalue weighted by Crippen LogP contribution is -2.41. The lowest BCUT2D eigenvalue weighted by atomic mass is 9.97. The number of hydrogen-bond donors (Lipinski definition) is 1. The summed E-state index contributed by atoms with van der Waals surface area (Å²) in [6, 6.07) is 6.66. The van der Waals surface area contributed by atoms with Crippen LogP contribution in [0.1, 0.15) is 37.8 Å². The van der Waals surface area contributed by atoms with Gasteiger partial charge in [-0.25, -0.2) is 4.98 Å². The van der Waals surface area contributed by atoms with E-state index < -0.39 is 0 Å². The summed E-state index contributed by atoms with van der Waals surface area (Å²) in [5.41, 5.74) is 1.16. The van der Waals surface area contributed by atoms with E-state index >= 15 is 0 Å². The second-order valence-electron chi connectivity index (χ2n) is 6.18. The highest BCUT2D eigenvalue weighted by molar-refractivity contribution is 7.13. The maximum Gasteiger partial charge on any atom is 0.227 e. The number of nitrogens with zero attached hydrogens (tertiary/aromatic N) is 3. The van der Waals surface area contributed by atoms with Gasteiger partial charge in [0.15, 0.2) is 5.13 Å². The lowest BCUT2D eigenvalue weighted by Gasteiger charge is -2.35. The number of rotatable bonds is 7. The Bertz CT molecular complexity index is 617. The van der Waals surface area contributed by atoms with Crippen molar-refractivity contribution in [3.05, 3.63) is 41.7 Å². The number of likely N-dealkylation sites (tertiary alicyclic amines) is 1. The lowest BCUT2D eigenvalue weighted by molar-refractivity contribution is -0.116. The predicted octanol–water partition coefficient (Wildman–Crippen LogP) is 3.35. The summed E-state index contributed by atoms with van der Waals surface area (Å²) in [6.07, 6.45) is 9.96. The van der Waals surface area contributed by atoms with Gasteiger partial charge in [-0.05, 0) is 44.4 Å². The molecule has 1 saturated heterocycles. The number of pyridine rings is 1. The van der Waals surface area contributed by atoms with Crippen LogP contribution in [0, 0.1) is 0 Å². The van der Waals surface area contributed by atoms with E-state index in [0.717, 1.165) is 31.6 Å².